The molecule has 2 aromatic carbocycles. The Balaban J connectivity index is 1.89. The molecule has 0 unspecified atom stereocenters. The van der Waals surface area contributed by atoms with E-state index in [-0.39, 0.29) is 17.7 Å². The zero-order chi connectivity index (χ0) is 18.2. The van der Waals surface area contributed by atoms with Gasteiger partial charge in [-0.15, -0.1) is 0 Å². The van der Waals surface area contributed by atoms with E-state index in [9.17, 15) is 14.4 Å². The van der Waals surface area contributed by atoms with Crippen molar-refractivity contribution in [3.63, 3.8) is 0 Å². The molecule has 2 aromatic rings. The van der Waals surface area contributed by atoms with Crippen molar-refractivity contribution < 1.29 is 29.0 Å². The molecule has 0 saturated carbocycles. The van der Waals surface area contributed by atoms with E-state index >= 15 is 0 Å². The maximum absolute atomic E-state index is 12.0. The van der Waals surface area contributed by atoms with Crippen LogP contribution in [0.3, 0.4) is 0 Å². The van der Waals surface area contributed by atoms with Gasteiger partial charge in [0.1, 0.15) is 5.75 Å². The number of methoxy groups -OCH3 is 1. The smallest absolute Gasteiger partial charge is 0.338 e. The van der Waals surface area contributed by atoms with Crippen LogP contribution in [0.25, 0.3) is 0 Å². The van der Waals surface area contributed by atoms with E-state index in [1.165, 1.54) is 25.3 Å². The fraction of sp³-hybridized carbons (Fsp3) is 0.167. The van der Waals surface area contributed by atoms with Gasteiger partial charge in [0.25, 0.3) is 11.8 Å². The number of para-hydroxylation sites is 1. The van der Waals surface area contributed by atoms with E-state index in [0.717, 1.165) is 0 Å². The molecular weight excluding hydrogens is 326 g/mol. The van der Waals surface area contributed by atoms with E-state index < -0.39 is 24.4 Å². The first-order chi connectivity index (χ1) is 12.0. The van der Waals surface area contributed by atoms with Gasteiger partial charge in [-0.2, -0.15) is 0 Å². The zero-order valence-electron chi connectivity index (χ0n) is 13.5. The second-order valence-corrected chi connectivity index (χ2v) is 5.01. The number of amides is 2. The van der Waals surface area contributed by atoms with Gasteiger partial charge in [-0.1, -0.05) is 24.3 Å². The number of nitrogens with one attached hydrogen (secondary N) is 1. The van der Waals surface area contributed by atoms with Crippen molar-refractivity contribution >= 4 is 17.8 Å². The number of rotatable bonds is 6. The molecule has 0 fully saturated rings. The molecule has 2 N–H and O–H groups in total. The third-order valence-electron chi connectivity index (χ3n) is 3.31. The summed E-state index contributed by atoms with van der Waals surface area (Å²) in [7, 11) is 1.41. The number of imide groups is 1. The van der Waals surface area contributed by atoms with Crippen LogP contribution in [0.2, 0.25) is 0 Å². The number of hydrogen-bond acceptors (Lipinski definition) is 6. The van der Waals surface area contributed by atoms with Crippen LogP contribution in [0.5, 0.6) is 5.75 Å². The lowest BCUT2D eigenvalue weighted by Crippen LogP contribution is -2.34. The van der Waals surface area contributed by atoms with E-state index in [0.29, 0.717) is 11.3 Å². The van der Waals surface area contributed by atoms with Crippen molar-refractivity contribution in [2.75, 3.05) is 13.7 Å². The van der Waals surface area contributed by atoms with Crippen molar-refractivity contribution in [1.82, 2.24) is 5.32 Å². The molecule has 130 valence electrons. The van der Waals surface area contributed by atoms with E-state index in [2.05, 4.69) is 5.32 Å². The van der Waals surface area contributed by atoms with Crippen molar-refractivity contribution in [3.8, 4) is 5.75 Å². The molecule has 7 heteroatoms. The van der Waals surface area contributed by atoms with E-state index in [1.54, 1.807) is 30.3 Å². The molecule has 2 amide bonds. The van der Waals surface area contributed by atoms with Crippen LogP contribution in [0.1, 0.15) is 26.3 Å². The van der Waals surface area contributed by atoms with Crippen molar-refractivity contribution in [3.05, 3.63) is 65.2 Å². The van der Waals surface area contributed by atoms with Crippen molar-refractivity contribution in [2.24, 2.45) is 0 Å². The largest absolute Gasteiger partial charge is 0.496 e. The predicted octanol–water partition coefficient (Wildman–Crippen LogP) is 1.30. The lowest BCUT2D eigenvalue weighted by atomic mass is 10.1. The van der Waals surface area contributed by atoms with Crippen molar-refractivity contribution in [2.45, 2.75) is 6.61 Å². The van der Waals surface area contributed by atoms with Crippen molar-refractivity contribution in [1.29, 1.82) is 0 Å². The number of esters is 1. The Hall–Kier alpha value is -3.19. The first-order valence-electron chi connectivity index (χ1n) is 7.39. The Kier molecular flexibility index (Phi) is 6.25. The van der Waals surface area contributed by atoms with Gasteiger partial charge in [-0.3, -0.25) is 14.9 Å². The predicted molar refractivity (Wildman–Crippen MR) is 88.1 cm³/mol. The minimum Gasteiger partial charge on any atom is -0.496 e. The molecule has 0 bridgehead atoms. The molecule has 7 nitrogen and oxygen atoms in total. The highest BCUT2D eigenvalue weighted by Crippen LogP contribution is 2.16. The first kappa shape index (κ1) is 18.2. The summed E-state index contributed by atoms with van der Waals surface area (Å²) in [5.74, 6) is -1.78. The molecule has 0 aliphatic heterocycles. The third-order valence-corrected chi connectivity index (χ3v) is 3.31. The number of aliphatic hydroxyl groups excluding tert-OH is 1. The molecule has 0 aromatic heterocycles. The summed E-state index contributed by atoms with van der Waals surface area (Å²) in [6, 6.07) is 12.5. The maximum Gasteiger partial charge on any atom is 0.338 e. The van der Waals surface area contributed by atoms with Crippen LogP contribution in [0.15, 0.2) is 48.5 Å². The molecule has 0 atom stereocenters. The number of hydrogen-bond donors (Lipinski definition) is 2. The quantitative estimate of drug-likeness (QED) is 0.767. The Morgan fingerprint density at radius 1 is 1.04 bits per heavy atom. The molecule has 0 spiro atoms. The average Bonchev–Trinajstić information content (AvgIpc) is 2.66. The first-order valence-corrected chi connectivity index (χ1v) is 7.39. The normalized spacial score (nSPS) is 10.0. The number of ether oxygens (including phenoxy) is 2. The summed E-state index contributed by atoms with van der Waals surface area (Å²) >= 11 is 0. The van der Waals surface area contributed by atoms with Crippen LogP contribution < -0.4 is 10.1 Å². The fourth-order valence-corrected chi connectivity index (χ4v) is 2.02. The summed E-state index contributed by atoms with van der Waals surface area (Å²) in [4.78, 5) is 35.7. The minimum atomic E-state index is -0.753. The number of aliphatic hydroxyl groups is 1. The van der Waals surface area contributed by atoms with Gasteiger partial charge >= 0.3 is 5.97 Å². The van der Waals surface area contributed by atoms with Gasteiger partial charge in [0, 0.05) is 0 Å². The second-order valence-electron chi connectivity index (χ2n) is 5.01. The molecule has 0 saturated heterocycles. The molecule has 25 heavy (non-hydrogen) atoms. The maximum atomic E-state index is 12.0. The number of carbonyl (C=O) groups excluding carboxylic acids is 3. The highest BCUT2D eigenvalue weighted by Gasteiger charge is 2.16. The average molecular weight is 343 g/mol. The molecule has 2 rings (SSSR count). The summed E-state index contributed by atoms with van der Waals surface area (Å²) in [6.07, 6.45) is 0. The lowest BCUT2D eigenvalue weighted by molar-refractivity contribution is -0.123. The SMILES string of the molecule is COc1ccccc1C(=O)NC(=O)COC(=O)c1ccc(CO)cc1. The van der Waals surface area contributed by atoms with Gasteiger partial charge in [0.05, 0.1) is 24.8 Å². The zero-order valence-corrected chi connectivity index (χ0v) is 13.5. The molecular formula is C18H17NO6. The summed E-state index contributed by atoms with van der Waals surface area (Å²) < 4.78 is 9.91. The monoisotopic (exact) mass is 343 g/mol. The summed E-state index contributed by atoms with van der Waals surface area (Å²) in [5, 5.41) is 11.1. The van der Waals surface area contributed by atoms with Gasteiger partial charge in [-0.25, -0.2) is 4.79 Å². The van der Waals surface area contributed by atoms with Crippen LogP contribution in [0.4, 0.5) is 0 Å². The number of carbonyl (C=O) groups is 3. The van der Waals surface area contributed by atoms with Gasteiger partial charge < -0.3 is 14.6 Å². The topological polar surface area (TPSA) is 102 Å². The highest BCUT2D eigenvalue weighted by molar-refractivity contribution is 6.07. The Morgan fingerprint density at radius 3 is 2.36 bits per heavy atom. The third kappa shape index (κ3) is 4.89. The summed E-state index contributed by atoms with van der Waals surface area (Å²) in [5.41, 5.74) is 1.09. The molecule has 0 aliphatic rings. The molecule has 0 aliphatic carbocycles. The Morgan fingerprint density at radius 2 is 1.72 bits per heavy atom. The van der Waals surface area contributed by atoms with Crippen LogP contribution in [0, 0.1) is 0 Å². The second kappa shape index (κ2) is 8.60. The van der Waals surface area contributed by atoms with Gasteiger partial charge in [0.15, 0.2) is 6.61 Å². The minimum absolute atomic E-state index is 0.136. The van der Waals surface area contributed by atoms with Crippen LogP contribution in [-0.4, -0.2) is 36.6 Å². The number of benzene rings is 2. The Bertz CT molecular complexity index is 769. The summed E-state index contributed by atoms with van der Waals surface area (Å²) in [6.45, 7) is -0.732. The highest BCUT2D eigenvalue weighted by atomic mass is 16.5. The van der Waals surface area contributed by atoms with Gasteiger partial charge in [0.2, 0.25) is 0 Å². The van der Waals surface area contributed by atoms with Crippen LogP contribution in [-0.2, 0) is 16.1 Å². The van der Waals surface area contributed by atoms with Crippen LogP contribution >= 0.6 is 0 Å². The van der Waals surface area contributed by atoms with E-state index in [4.69, 9.17) is 14.6 Å². The van der Waals surface area contributed by atoms with E-state index in [1.807, 2.05) is 0 Å². The standard InChI is InChI=1S/C18H17NO6/c1-24-15-5-3-2-4-14(15)17(22)19-16(21)11-25-18(23)13-8-6-12(10-20)7-9-13/h2-9,20H,10-11H2,1H3,(H,19,21,22). The lowest BCUT2D eigenvalue weighted by Gasteiger charge is -2.09. The van der Waals surface area contributed by atoms with Gasteiger partial charge in [-0.05, 0) is 29.8 Å². The Labute approximate surface area is 144 Å². The fourth-order valence-electron chi connectivity index (χ4n) is 2.02. The molecule has 0 heterocycles. The molecule has 0 radical (unpaired) electrons.